The number of rotatable bonds is 3. The second-order valence-corrected chi connectivity index (χ2v) is 8.58. The summed E-state index contributed by atoms with van der Waals surface area (Å²) in [6.45, 7) is 6.40. The molecule has 3 aromatic rings. The van der Waals surface area contributed by atoms with E-state index >= 15 is 0 Å². The standard InChI is InChI=1S/C15H17N3OS2/c1-15(2,3)12-8-16-14(20-12)21(19)10-11-9-18-7-5-4-6-13(18)17-11/h4-9H,10H2,1-3H3/t21-/m1/s1. The third-order valence-corrected chi connectivity index (χ3v) is 6.19. The molecular weight excluding hydrogens is 302 g/mol. The molecule has 0 saturated carbocycles. The minimum absolute atomic E-state index is 0.0448. The maximum atomic E-state index is 12.4. The Kier molecular flexibility index (Phi) is 3.67. The Balaban J connectivity index is 1.81. The first-order chi connectivity index (χ1) is 9.93. The Bertz CT molecular complexity index is 765. The smallest absolute Gasteiger partial charge is 0.181 e. The summed E-state index contributed by atoms with van der Waals surface area (Å²) in [6, 6.07) is 5.83. The van der Waals surface area contributed by atoms with Crippen molar-refractivity contribution in [2.75, 3.05) is 0 Å². The van der Waals surface area contributed by atoms with Crippen molar-refractivity contribution in [2.45, 2.75) is 36.3 Å². The normalized spacial score (nSPS) is 13.7. The van der Waals surface area contributed by atoms with Gasteiger partial charge < -0.3 is 4.40 Å². The number of thiazole rings is 1. The van der Waals surface area contributed by atoms with Crippen LogP contribution in [0.5, 0.6) is 0 Å². The van der Waals surface area contributed by atoms with Crippen LogP contribution in [0.15, 0.2) is 41.1 Å². The van der Waals surface area contributed by atoms with Gasteiger partial charge in [-0.3, -0.25) is 4.21 Å². The van der Waals surface area contributed by atoms with E-state index in [9.17, 15) is 4.21 Å². The summed E-state index contributed by atoms with van der Waals surface area (Å²) in [5.74, 6) is 0.402. The van der Waals surface area contributed by atoms with Gasteiger partial charge in [-0.1, -0.05) is 26.8 Å². The molecule has 0 aromatic carbocycles. The Morgan fingerprint density at radius 3 is 2.81 bits per heavy atom. The molecule has 0 spiro atoms. The lowest BCUT2D eigenvalue weighted by Crippen LogP contribution is -2.07. The third kappa shape index (κ3) is 3.06. The van der Waals surface area contributed by atoms with Crippen molar-refractivity contribution < 1.29 is 4.21 Å². The highest BCUT2D eigenvalue weighted by Gasteiger charge is 2.19. The minimum Gasteiger partial charge on any atom is -0.307 e. The highest BCUT2D eigenvalue weighted by Crippen LogP contribution is 2.29. The van der Waals surface area contributed by atoms with Gasteiger partial charge in [-0.25, -0.2) is 9.97 Å². The predicted molar refractivity (Wildman–Crippen MR) is 86.1 cm³/mol. The lowest BCUT2D eigenvalue weighted by Gasteiger charge is -2.14. The summed E-state index contributed by atoms with van der Waals surface area (Å²) in [5, 5.41) is 0. The topological polar surface area (TPSA) is 47.3 Å². The van der Waals surface area contributed by atoms with Crippen LogP contribution < -0.4 is 0 Å². The summed E-state index contributed by atoms with van der Waals surface area (Å²) in [7, 11) is -1.14. The van der Waals surface area contributed by atoms with Crippen molar-refractivity contribution in [3.8, 4) is 0 Å². The van der Waals surface area contributed by atoms with Gasteiger partial charge in [0.25, 0.3) is 0 Å². The number of aromatic nitrogens is 3. The van der Waals surface area contributed by atoms with Crippen LogP contribution >= 0.6 is 11.3 Å². The number of hydrogen-bond acceptors (Lipinski definition) is 4. The molecule has 0 amide bonds. The molecule has 6 heteroatoms. The zero-order valence-corrected chi connectivity index (χ0v) is 13.9. The molecule has 0 aliphatic carbocycles. The molecule has 110 valence electrons. The molecule has 4 nitrogen and oxygen atoms in total. The van der Waals surface area contributed by atoms with Gasteiger partial charge >= 0.3 is 0 Å². The fourth-order valence-corrected chi connectivity index (χ4v) is 4.19. The van der Waals surface area contributed by atoms with E-state index in [1.165, 1.54) is 11.3 Å². The van der Waals surface area contributed by atoms with Gasteiger partial charge in [0, 0.05) is 23.5 Å². The lowest BCUT2D eigenvalue weighted by atomic mass is 9.96. The Morgan fingerprint density at radius 1 is 1.33 bits per heavy atom. The third-order valence-electron chi connectivity index (χ3n) is 3.11. The van der Waals surface area contributed by atoms with Crippen LogP contribution in [0.4, 0.5) is 0 Å². The first-order valence-corrected chi connectivity index (χ1v) is 8.84. The van der Waals surface area contributed by atoms with Crippen LogP contribution in [-0.2, 0) is 22.0 Å². The zero-order chi connectivity index (χ0) is 15.0. The molecule has 0 radical (unpaired) electrons. The van der Waals surface area contributed by atoms with Gasteiger partial charge in [-0.2, -0.15) is 0 Å². The summed E-state index contributed by atoms with van der Waals surface area (Å²) < 4.78 is 15.1. The highest BCUT2D eigenvalue weighted by atomic mass is 32.2. The van der Waals surface area contributed by atoms with Gasteiger partial charge in [0.05, 0.1) is 22.2 Å². The molecule has 0 saturated heterocycles. The molecular formula is C15H17N3OS2. The Hall–Kier alpha value is -1.53. The minimum atomic E-state index is -1.14. The van der Waals surface area contributed by atoms with Gasteiger partial charge in [0.15, 0.2) is 4.34 Å². The van der Waals surface area contributed by atoms with E-state index in [4.69, 9.17) is 0 Å². The predicted octanol–water partition coefficient (Wildman–Crippen LogP) is 3.40. The maximum absolute atomic E-state index is 12.4. The van der Waals surface area contributed by atoms with Crippen LogP contribution in [-0.4, -0.2) is 18.6 Å². The number of fused-ring (bicyclic) bond motifs is 1. The number of hydrogen-bond donors (Lipinski definition) is 0. The summed E-state index contributed by atoms with van der Waals surface area (Å²) in [4.78, 5) is 9.95. The van der Waals surface area contributed by atoms with E-state index in [1.54, 1.807) is 0 Å². The molecule has 3 rings (SSSR count). The molecule has 3 aromatic heterocycles. The molecule has 0 unspecified atom stereocenters. The van der Waals surface area contributed by atoms with Crippen molar-refractivity contribution in [1.82, 2.24) is 14.4 Å². The largest absolute Gasteiger partial charge is 0.307 e. The number of imidazole rings is 1. The number of pyridine rings is 1. The molecule has 0 bridgehead atoms. The maximum Gasteiger partial charge on any atom is 0.181 e. The van der Waals surface area contributed by atoms with E-state index in [1.807, 2.05) is 41.2 Å². The van der Waals surface area contributed by atoms with Crippen molar-refractivity contribution >= 4 is 27.8 Å². The Morgan fingerprint density at radius 2 is 2.14 bits per heavy atom. The fraction of sp³-hybridized carbons (Fsp3) is 0.333. The number of nitrogens with zero attached hydrogens (tertiary/aromatic N) is 3. The summed E-state index contributed by atoms with van der Waals surface area (Å²) in [6.07, 6.45) is 5.70. The van der Waals surface area contributed by atoms with E-state index < -0.39 is 10.8 Å². The molecule has 0 N–H and O–H groups in total. The first kappa shape index (κ1) is 14.4. The van der Waals surface area contributed by atoms with Gasteiger partial charge in [0.2, 0.25) is 0 Å². The zero-order valence-electron chi connectivity index (χ0n) is 12.2. The second-order valence-electron chi connectivity index (χ2n) is 5.93. The van der Waals surface area contributed by atoms with Crippen molar-refractivity contribution in [1.29, 1.82) is 0 Å². The quantitative estimate of drug-likeness (QED) is 0.743. The van der Waals surface area contributed by atoms with Crippen LogP contribution in [0.3, 0.4) is 0 Å². The second kappa shape index (κ2) is 5.35. The summed E-state index contributed by atoms with van der Waals surface area (Å²) >= 11 is 1.53. The van der Waals surface area contributed by atoms with Crippen LogP contribution in [0, 0.1) is 0 Å². The molecule has 0 fully saturated rings. The lowest BCUT2D eigenvalue weighted by molar-refractivity contribution is 0.602. The van der Waals surface area contributed by atoms with Gasteiger partial charge in [0.1, 0.15) is 5.65 Å². The Labute approximate surface area is 130 Å². The van der Waals surface area contributed by atoms with Gasteiger partial charge in [-0.05, 0) is 17.5 Å². The molecule has 3 heterocycles. The molecule has 0 aliphatic rings. The average molecular weight is 319 g/mol. The van der Waals surface area contributed by atoms with E-state index in [-0.39, 0.29) is 5.41 Å². The molecule has 0 aliphatic heterocycles. The van der Waals surface area contributed by atoms with Crippen LogP contribution in [0.1, 0.15) is 31.3 Å². The molecule has 21 heavy (non-hydrogen) atoms. The van der Waals surface area contributed by atoms with Crippen LogP contribution in [0.2, 0.25) is 0 Å². The average Bonchev–Trinajstić information content (AvgIpc) is 3.04. The van der Waals surface area contributed by atoms with Crippen molar-refractivity contribution in [3.05, 3.63) is 47.4 Å². The van der Waals surface area contributed by atoms with Crippen LogP contribution in [0.25, 0.3) is 5.65 Å². The highest BCUT2D eigenvalue weighted by molar-refractivity contribution is 7.86. The fourth-order valence-electron chi connectivity index (χ4n) is 1.96. The van der Waals surface area contributed by atoms with E-state index in [2.05, 4.69) is 30.7 Å². The monoisotopic (exact) mass is 319 g/mol. The SMILES string of the molecule is CC(C)(C)c1cnc([S@](=O)Cc2cn3ccccc3n2)s1. The van der Waals surface area contributed by atoms with Crippen molar-refractivity contribution in [2.24, 2.45) is 0 Å². The van der Waals surface area contributed by atoms with E-state index in [0.717, 1.165) is 16.2 Å². The molecule has 1 atom stereocenters. The van der Waals surface area contributed by atoms with E-state index in [0.29, 0.717) is 10.1 Å². The first-order valence-electron chi connectivity index (χ1n) is 6.71. The van der Waals surface area contributed by atoms with Crippen molar-refractivity contribution in [3.63, 3.8) is 0 Å². The summed E-state index contributed by atoms with van der Waals surface area (Å²) in [5.41, 5.74) is 1.74. The van der Waals surface area contributed by atoms with Gasteiger partial charge in [-0.15, -0.1) is 11.3 Å².